The molecule has 0 saturated heterocycles. The first-order valence-electron chi connectivity index (χ1n) is 7.05. The Balaban J connectivity index is 2.10. The molecule has 130 valence electrons. The monoisotopic (exact) mass is 372 g/mol. The summed E-state index contributed by atoms with van der Waals surface area (Å²) in [6.45, 7) is 1.79. The first kappa shape index (κ1) is 18.4. The van der Waals surface area contributed by atoms with Gasteiger partial charge in [0.05, 0.1) is 28.1 Å². The average molecular weight is 373 g/mol. The van der Waals surface area contributed by atoms with Gasteiger partial charge in [0.2, 0.25) is 5.91 Å². The summed E-state index contributed by atoms with van der Waals surface area (Å²) in [5, 5.41) is 13.5. The van der Waals surface area contributed by atoms with Crippen LogP contribution >= 0.6 is 11.6 Å². The van der Waals surface area contributed by atoms with Crippen molar-refractivity contribution >= 4 is 28.2 Å². The third-order valence-corrected chi connectivity index (χ3v) is 4.86. The minimum absolute atomic E-state index is 0.192. The van der Waals surface area contributed by atoms with Crippen LogP contribution < -0.4 is 5.48 Å². The molecule has 2 rings (SSSR count). The SMILES string of the molecule is CC(CCn1cc(-c2ccc(Cl)cn2)cn1)(C[SH](=O)=O)C(=O)NO. The minimum Gasteiger partial charge on any atom is -0.289 e. The number of hydrogen-bond donors (Lipinski definition) is 3. The first-order chi connectivity index (χ1) is 11.3. The molecule has 0 radical (unpaired) electrons. The standard InChI is InChI=1S/C14H17ClN4O4S/c1-14(9-24(22)23,13(20)18-21)4-5-19-8-10(6-17-19)12-3-2-11(15)7-16-12/h2-3,6-8,21,24H,4-5,9H2,1H3,(H,18,20). The van der Waals surface area contributed by atoms with Crippen molar-refractivity contribution < 1.29 is 18.4 Å². The van der Waals surface area contributed by atoms with Crippen LogP contribution in [0.5, 0.6) is 0 Å². The number of rotatable bonds is 7. The van der Waals surface area contributed by atoms with Gasteiger partial charge in [-0.05, 0) is 25.5 Å². The molecule has 2 N–H and O–H groups in total. The number of hydrogen-bond acceptors (Lipinski definition) is 6. The molecule has 2 aromatic rings. The van der Waals surface area contributed by atoms with E-state index >= 15 is 0 Å². The largest absolute Gasteiger partial charge is 0.289 e. The summed E-state index contributed by atoms with van der Waals surface area (Å²) < 4.78 is 23.6. The van der Waals surface area contributed by atoms with Crippen LogP contribution in [0.25, 0.3) is 11.3 Å². The lowest BCUT2D eigenvalue weighted by molar-refractivity contribution is -0.138. The number of carbonyl (C=O) groups excluding carboxylic acids is 1. The van der Waals surface area contributed by atoms with Gasteiger partial charge in [-0.1, -0.05) is 11.6 Å². The number of thiol groups is 1. The topological polar surface area (TPSA) is 114 Å². The summed E-state index contributed by atoms with van der Waals surface area (Å²) in [6.07, 6.45) is 5.08. The molecule has 0 aromatic carbocycles. The molecule has 0 bridgehead atoms. The highest BCUT2D eigenvalue weighted by atomic mass is 35.5. The zero-order valence-corrected chi connectivity index (χ0v) is 14.5. The van der Waals surface area contributed by atoms with Crippen molar-refractivity contribution in [1.82, 2.24) is 20.2 Å². The van der Waals surface area contributed by atoms with Crippen molar-refractivity contribution in [3.8, 4) is 11.3 Å². The van der Waals surface area contributed by atoms with Crippen molar-refractivity contribution in [3.63, 3.8) is 0 Å². The molecule has 0 spiro atoms. The Hall–Kier alpha value is -1.97. The molecule has 8 nitrogen and oxygen atoms in total. The lowest BCUT2D eigenvalue weighted by atomic mass is 9.88. The van der Waals surface area contributed by atoms with Crippen LogP contribution in [0.15, 0.2) is 30.7 Å². The van der Waals surface area contributed by atoms with Gasteiger partial charge in [-0.15, -0.1) is 0 Å². The lowest BCUT2D eigenvalue weighted by Gasteiger charge is -2.24. The number of amides is 1. The Morgan fingerprint density at radius 2 is 2.17 bits per heavy atom. The molecule has 0 aliphatic rings. The van der Waals surface area contributed by atoms with Crippen LogP contribution in [-0.4, -0.2) is 40.0 Å². The second-order valence-electron chi connectivity index (χ2n) is 5.60. The Labute approximate surface area is 145 Å². The third-order valence-electron chi connectivity index (χ3n) is 3.68. The van der Waals surface area contributed by atoms with Crippen molar-refractivity contribution in [2.75, 3.05) is 5.75 Å². The van der Waals surface area contributed by atoms with E-state index < -0.39 is 22.0 Å². The van der Waals surface area contributed by atoms with Crippen molar-refractivity contribution in [3.05, 3.63) is 35.7 Å². The predicted octanol–water partition coefficient (Wildman–Crippen LogP) is 1.11. The van der Waals surface area contributed by atoms with E-state index in [2.05, 4.69) is 10.1 Å². The van der Waals surface area contributed by atoms with Gasteiger partial charge in [-0.25, -0.2) is 13.9 Å². The fourth-order valence-electron chi connectivity index (χ4n) is 2.21. The maximum atomic E-state index is 11.8. The molecule has 1 atom stereocenters. The lowest BCUT2D eigenvalue weighted by Crippen LogP contribution is -2.41. The van der Waals surface area contributed by atoms with E-state index in [1.165, 1.54) is 18.6 Å². The van der Waals surface area contributed by atoms with Crippen LogP contribution in [0, 0.1) is 5.41 Å². The Bertz CT molecular complexity index is 782. The van der Waals surface area contributed by atoms with Gasteiger partial charge >= 0.3 is 0 Å². The van der Waals surface area contributed by atoms with E-state index in [-0.39, 0.29) is 12.2 Å². The number of nitrogens with zero attached hydrogens (tertiary/aromatic N) is 3. The highest BCUT2D eigenvalue weighted by molar-refractivity contribution is 7.72. The summed E-state index contributed by atoms with van der Waals surface area (Å²) in [5.41, 5.74) is 1.75. The maximum absolute atomic E-state index is 11.8. The van der Waals surface area contributed by atoms with E-state index in [1.807, 2.05) is 0 Å². The molecule has 0 aliphatic heterocycles. The summed E-state index contributed by atoms with van der Waals surface area (Å²) in [5.74, 6) is -1.10. The van der Waals surface area contributed by atoms with Crippen molar-refractivity contribution in [1.29, 1.82) is 0 Å². The Morgan fingerprint density at radius 1 is 1.42 bits per heavy atom. The van der Waals surface area contributed by atoms with E-state index in [9.17, 15) is 13.2 Å². The van der Waals surface area contributed by atoms with Crippen LogP contribution in [-0.2, 0) is 22.0 Å². The number of nitrogens with one attached hydrogen (secondary N) is 1. The number of pyridine rings is 1. The van der Waals surface area contributed by atoms with Gasteiger partial charge in [0.15, 0.2) is 0 Å². The van der Waals surface area contributed by atoms with Crippen LogP contribution in [0.2, 0.25) is 5.02 Å². The minimum atomic E-state index is -2.77. The third kappa shape index (κ3) is 4.53. The number of aromatic nitrogens is 3. The highest BCUT2D eigenvalue weighted by Crippen LogP contribution is 2.24. The van der Waals surface area contributed by atoms with E-state index in [4.69, 9.17) is 16.8 Å². The molecule has 0 saturated carbocycles. The Morgan fingerprint density at radius 3 is 2.75 bits per heavy atom. The molecule has 1 unspecified atom stereocenters. The average Bonchev–Trinajstić information content (AvgIpc) is 3.01. The van der Waals surface area contributed by atoms with Gasteiger partial charge < -0.3 is 0 Å². The second-order valence-corrected chi connectivity index (χ2v) is 7.01. The maximum Gasteiger partial charge on any atom is 0.250 e. The zero-order valence-electron chi connectivity index (χ0n) is 12.8. The number of hydroxylamine groups is 1. The van der Waals surface area contributed by atoms with Gasteiger partial charge in [0, 0.05) is 24.5 Å². The summed E-state index contributed by atoms with van der Waals surface area (Å²) >= 11 is 5.80. The zero-order chi connectivity index (χ0) is 17.7. The molecule has 0 fully saturated rings. The molecule has 1 amide bonds. The highest BCUT2D eigenvalue weighted by Gasteiger charge is 2.34. The fraction of sp³-hybridized carbons (Fsp3) is 0.357. The molecular formula is C14H17ClN4O4S. The molecule has 2 aromatic heterocycles. The molecule has 0 aliphatic carbocycles. The predicted molar refractivity (Wildman–Crippen MR) is 88.3 cm³/mol. The van der Waals surface area contributed by atoms with Crippen molar-refractivity contribution in [2.24, 2.45) is 5.41 Å². The van der Waals surface area contributed by atoms with Crippen LogP contribution in [0.1, 0.15) is 13.3 Å². The molecule has 10 heteroatoms. The van der Waals surface area contributed by atoms with Gasteiger partial charge in [-0.3, -0.25) is 19.7 Å². The number of aryl methyl sites for hydroxylation is 1. The number of halogens is 1. The molecule has 2 heterocycles. The van der Waals surface area contributed by atoms with E-state index in [1.54, 1.807) is 29.2 Å². The van der Waals surface area contributed by atoms with E-state index in [0.29, 0.717) is 17.3 Å². The summed E-state index contributed by atoms with van der Waals surface area (Å²) in [6, 6.07) is 3.48. The quantitative estimate of drug-likeness (QED) is 0.381. The summed E-state index contributed by atoms with van der Waals surface area (Å²) in [7, 11) is -2.77. The molecular weight excluding hydrogens is 356 g/mol. The smallest absolute Gasteiger partial charge is 0.250 e. The van der Waals surface area contributed by atoms with Gasteiger partial charge in [0.1, 0.15) is 10.7 Å². The fourth-order valence-corrected chi connectivity index (χ4v) is 3.19. The summed E-state index contributed by atoms with van der Waals surface area (Å²) in [4.78, 5) is 16.0. The van der Waals surface area contributed by atoms with Crippen LogP contribution in [0.3, 0.4) is 0 Å². The number of carbonyl (C=O) groups is 1. The second kappa shape index (κ2) is 7.73. The van der Waals surface area contributed by atoms with Gasteiger partial charge in [-0.2, -0.15) is 5.10 Å². The van der Waals surface area contributed by atoms with Crippen molar-refractivity contribution in [2.45, 2.75) is 19.9 Å². The molecule has 24 heavy (non-hydrogen) atoms. The van der Waals surface area contributed by atoms with E-state index in [0.717, 1.165) is 5.56 Å². The Kier molecular flexibility index (Phi) is 5.92. The normalized spacial score (nSPS) is 13.7. The van der Waals surface area contributed by atoms with Gasteiger partial charge in [0.25, 0.3) is 0 Å². The van der Waals surface area contributed by atoms with Crippen LogP contribution in [0.4, 0.5) is 0 Å². The first-order valence-corrected chi connectivity index (χ1v) is 8.79.